The van der Waals surface area contributed by atoms with Crippen molar-refractivity contribution < 1.29 is 0 Å². The summed E-state index contributed by atoms with van der Waals surface area (Å²) in [6.07, 6.45) is 2.54. The summed E-state index contributed by atoms with van der Waals surface area (Å²) >= 11 is 0. The highest BCUT2D eigenvalue weighted by Crippen LogP contribution is 2.18. The first-order chi connectivity index (χ1) is 8.49. The zero-order chi connectivity index (χ0) is 13.5. The lowest BCUT2D eigenvalue weighted by atomic mass is 10.1. The van der Waals surface area contributed by atoms with Gasteiger partial charge < -0.3 is 4.90 Å². The number of benzene rings is 1. The van der Waals surface area contributed by atoms with Gasteiger partial charge in [0.2, 0.25) is 0 Å². The van der Waals surface area contributed by atoms with Gasteiger partial charge in [0.25, 0.3) is 0 Å². The molecule has 0 saturated heterocycles. The molecule has 0 radical (unpaired) electrons. The predicted octanol–water partition coefficient (Wildman–Crippen LogP) is 4.89. The van der Waals surface area contributed by atoms with Crippen molar-refractivity contribution >= 4 is 5.69 Å². The Morgan fingerprint density at radius 2 is 1.28 bits per heavy atom. The summed E-state index contributed by atoms with van der Waals surface area (Å²) in [5.41, 5.74) is 2.72. The fourth-order valence-electron chi connectivity index (χ4n) is 1.95. The molecule has 0 aliphatic rings. The summed E-state index contributed by atoms with van der Waals surface area (Å²) in [5, 5.41) is 0. The third-order valence-electron chi connectivity index (χ3n) is 3.35. The van der Waals surface area contributed by atoms with E-state index in [0.29, 0.717) is 0 Å². The summed E-state index contributed by atoms with van der Waals surface area (Å²) in [7, 11) is 0. The highest BCUT2D eigenvalue weighted by atomic mass is 15.1. The van der Waals surface area contributed by atoms with Crippen LogP contribution in [0.5, 0.6) is 0 Å². The smallest absolute Gasteiger partial charge is 0.0366 e. The third-order valence-corrected chi connectivity index (χ3v) is 3.35. The minimum absolute atomic E-state index is 0.775. The van der Waals surface area contributed by atoms with Crippen molar-refractivity contribution in [3.8, 4) is 0 Å². The van der Waals surface area contributed by atoms with Gasteiger partial charge >= 0.3 is 0 Å². The number of nitrogens with zero attached hydrogens (tertiary/aromatic N) is 1. The highest BCUT2D eigenvalue weighted by Gasteiger charge is 2.08. The van der Waals surface area contributed by atoms with Gasteiger partial charge in [0.15, 0.2) is 0 Å². The second-order valence-corrected chi connectivity index (χ2v) is 6.19. The molecule has 0 spiro atoms. The average molecular weight is 247 g/mol. The topological polar surface area (TPSA) is 3.24 Å². The quantitative estimate of drug-likeness (QED) is 0.663. The molecule has 0 N–H and O–H groups in total. The largest absolute Gasteiger partial charge is 0.372 e. The molecular formula is C17H29N. The van der Waals surface area contributed by atoms with E-state index in [0.717, 1.165) is 11.8 Å². The molecule has 0 atom stereocenters. The Kier molecular flexibility index (Phi) is 6.24. The summed E-state index contributed by atoms with van der Waals surface area (Å²) in [6.45, 7) is 13.7. The lowest BCUT2D eigenvalue weighted by Gasteiger charge is -2.26. The number of anilines is 1. The van der Waals surface area contributed by atoms with Crippen molar-refractivity contribution in [3.63, 3.8) is 0 Å². The molecule has 0 unspecified atom stereocenters. The molecule has 0 saturated carbocycles. The first-order valence-electron chi connectivity index (χ1n) is 7.30. The van der Waals surface area contributed by atoms with Crippen LogP contribution < -0.4 is 4.90 Å². The number of rotatable bonds is 7. The van der Waals surface area contributed by atoms with Crippen LogP contribution >= 0.6 is 0 Å². The van der Waals surface area contributed by atoms with Crippen LogP contribution in [0.1, 0.15) is 46.1 Å². The maximum atomic E-state index is 2.54. The fraction of sp³-hybridized carbons (Fsp3) is 0.647. The molecule has 0 aliphatic heterocycles. The number of hydrogen-bond acceptors (Lipinski definition) is 1. The van der Waals surface area contributed by atoms with Crippen molar-refractivity contribution in [1.29, 1.82) is 0 Å². The molecule has 0 aromatic heterocycles. The van der Waals surface area contributed by atoms with E-state index in [-0.39, 0.29) is 0 Å². The minimum Gasteiger partial charge on any atom is -0.372 e. The zero-order valence-electron chi connectivity index (χ0n) is 12.7. The van der Waals surface area contributed by atoms with Crippen molar-refractivity contribution in [2.75, 3.05) is 18.0 Å². The van der Waals surface area contributed by atoms with Crippen molar-refractivity contribution in [1.82, 2.24) is 0 Å². The Morgan fingerprint density at radius 1 is 0.833 bits per heavy atom. The summed E-state index contributed by atoms with van der Waals surface area (Å²) in [6, 6.07) is 8.95. The van der Waals surface area contributed by atoms with Gasteiger partial charge in [-0.25, -0.2) is 0 Å². The van der Waals surface area contributed by atoms with E-state index >= 15 is 0 Å². The Balaban J connectivity index is 2.66. The molecule has 18 heavy (non-hydrogen) atoms. The monoisotopic (exact) mass is 247 g/mol. The summed E-state index contributed by atoms with van der Waals surface area (Å²) in [5.74, 6) is 1.55. The van der Waals surface area contributed by atoms with E-state index in [2.05, 4.69) is 63.8 Å². The highest BCUT2D eigenvalue weighted by molar-refractivity contribution is 5.47. The van der Waals surface area contributed by atoms with Gasteiger partial charge in [0.1, 0.15) is 0 Å². The van der Waals surface area contributed by atoms with E-state index in [1.54, 1.807) is 0 Å². The molecular weight excluding hydrogens is 218 g/mol. The number of hydrogen-bond donors (Lipinski definition) is 0. The van der Waals surface area contributed by atoms with Gasteiger partial charge in [-0.3, -0.25) is 0 Å². The molecule has 1 aromatic rings. The molecule has 0 bridgehead atoms. The van der Waals surface area contributed by atoms with E-state index in [1.165, 1.54) is 37.2 Å². The van der Waals surface area contributed by atoms with Crippen LogP contribution in [0.2, 0.25) is 0 Å². The van der Waals surface area contributed by atoms with Crippen LogP contribution in [-0.4, -0.2) is 13.1 Å². The predicted molar refractivity (Wildman–Crippen MR) is 82.3 cm³/mol. The van der Waals surface area contributed by atoms with E-state index < -0.39 is 0 Å². The Bertz CT molecular complexity index is 312. The van der Waals surface area contributed by atoms with Gasteiger partial charge in [0, 0.05) is 18.8 Å². The average Bonchev–Trinajstić information content (AvgIpc) is 2.30. The van der Waals surface area contributed by atoms with Crippen molar-refractivity contribution in [2.45, 2.75) is 47.5 Å². The normalized spacial score (nSPS) is 11.3. The van der Waals surface area contributed by atoms with Crippen molar-refractivity contribution in [3.05, 3.63) is 29.8 Å². The lowest BCUT2D eigenvalue weighted by Crippen LogP contribution is -2.27. The Labute approximate surface area is 113 Å². The van der Waals surface area contributed by atoms with Crippen molar-refractivity contribution in [2.24, 2.45) is 11.8 Å². The maximum Gasteiger partial charge on any atom is 0.0366 e. The minimum atomic E-state index is 0.775. The Hall–Kier alpha value is -0.980. The number of aryl methyl sites for hydroxylation is 1. The van der Waals surface area contributed by atoms with E-state index in [1.807, 2.05) is 0 Å². The van der Waals surface area contributed by atoms with Crippen LogP contribution in [0.15, 0.2) is 24.3 Å². The standard InChI is InChI=1S/C17H29N/c1-14(2)10-12-18(13-11-15(3)4)17-8-6-16(5)7-9-17/h6-9,14-15H,10-13H2,1-5H3. The fourth-order valence-corrected chi connectivity index (χ4v) is 1.95. The maximum absolute atomic E-state index is 2.54. The lowest BCUT2D eigenvalue weighted by molar-refractivity contribution is 0.535. The molecule has 0 heterocycles. The van der Waals surface area contributed by atoms with Crippen LogP contribution in [0.4, 0.5) is 5.69 Å². The molecule has 1 heteroatoms. The molecule has 0 aliphatic carbocycles. The van der Waals surface area contributed by atoms with Crippen LogP contribution in [0, 0.1) is 18.8 Å². The van der Waals surface area contributed by atoms with Gasteiger partial charge in [-0.15, -0.1) is 0 Å². The molecule has 1 rings (SSSR count). The molecule has 0 fully saturated rings. The van der Waals surface area contributed by atoms with Gasteiger partial charge in [-0.2, -0.15) is 0 Å². The zero-order valence-corrected chi connectivity index (χ0v) is 12.7. The molecule has 1 aromatic carbocycles. The van der Waals surface area contributed by atoms with Crippen LogP contribution in [0.25, 0.3) is 0 Å². The molecule has 0 amide bonds. The molecule has 102 valence electrons. The van der Waals surface area contributed by atoms with Gasteiger partial charge in [-0.05, 0) is 43.7 Å². The van der Waals surface area contributed by atoms with Gasteiger partial charge in [0.05, 0.1) is 0 Å². The first-order valence-corrected chi connectivity index (χ1v) is 7.30. The van der Waals surface area contributed by atoms with Crippen LogP contribution in [-0.2, 0) is 0 Å². The summed E-state index contributed by atoms with van der Waals surface area (Å²) in [4.78, 5) is 2.54. The molecule has 1 nitrogen and oxygen atoms in total. The van der Waals surface area contributed by atoms with E-state index in [9.17, 15) is 0 Å². The SMILES string of the molecule is Cc1ccc(N(CCC(C)C)CCC(C)C)cc1. The summed E-state index contributed by atoms with van der Waals surface area (Å²) < 4.78 is 0. The second kappa shape index (κ2) is 7.45. The Morgan fingerprint density at radius 3 is 1.67 bits per heavy atom. The third kappa shape index (κ3) is 5.57. The van der Waals surface area contributed by atoms with Crippen LogP contribution in [0.3, 0.4) is 0 Å². The van der Waals surface area contributed by atoms with Gasteiger partial charge in [-0.1, -0.05) is 45.4 Å². The van der Waals surface area contributed by atoms with E-state index in [4.69, 9.17) is 0 Å². The second-order valence-electron chi connectivity index (χ2n) is 6.19. The first kappa shape index (κ1) is 15.1.